The van der Waals surface area contributed by atoms with Gasteiger partial charge in [0.1, 0.15) is 5.69 Å². The zero-order valence-electron chi connectivity index (χ0n) is 12.4. The molecule has 1 aromatic heterocycles. The van der Waals surface area contributed by atoms with Crippen molar-refractivity contribution in [2.75, 3.05) is 19.5 Å². The van der Waals surface area contributed by atoms with Gasteiger partial charge in [-0.05, 0) is 25.5 Å². The minimum absolute atomic E-state index is 0.588. The molecular weight excluding hydrogens is 252 g/mol. The Balaban J connectivity index is 2.18. The Morgan fingerprint density at radius 1 is 1.10 bits per heavy atom. The minimum Gasteiger partial charge on any atom is -0.493 e. The molecule has 4 nitrogen and oxygen atoms in total. The number of benzene rings is 1. The predicted octanol–water partition coefficient (Wildman–Crippen LogP) is 3.33. The molecule has 1 aromatic carbocycles. The average Bonchev–Trinajstić information content (AvgIpc) is 2.45. The molecule has 0 aliphatic carbocycles. The molecule has 2 rings (SSSR count). The minimum atomic E-state index is 0.588. The largest absolute Gasteiger partial charge is 0.493 e. The molecule has 0 aliphatic heterocycles. The lowest BCUT2D eigenvalue weighted by Crippen LogP contribution is -2.06. The average molecular weight is 272 g/mol. The Labute approximate surface area is 119 Å². The van der Waals surface area contributed by atoms with E-state index in [-0.39, 0.29) is 0 Å². The van der Waals surface area contributed by atoms with Gasteiger partial charge < -0.3 is 14.8 Å². The van der Waals surface area contributed by atoms with Gasteiger partial charge in [-0.3, -0.25) is 4.98 Å². The first kappa shape index (κ1) is 14.2. The third-order valence-corrected chi connectivity index (χ3v) is 3.19. The van der Waals surface area contributed by atoms with E-state index < -0.39 is 0 Å². The lowest BCUT2D eigenvalue weighted by Gasteiger charge is -2.14. The molecule has 1 heterocycles. The maximum Gasteiger partial charge on any atom is 0.184 e. The first-order chi connectivity index (χ1) is 9.65. The summed E-state index contributed by atoms with van der Waals surface area (Å²) in [5, 5.41) is 3.38. The number of aryl methyl sites for hydroxylation is 2. The van der Waals surface area contributed by atoms with Gasteiger partial charge in [0, 0.05) is 18.0 Å². The second-order valence-corrected chi connectivity index (χ2v) is 4.67. The molecule has 0 amide bonds. The van der Waals surface area contributed by atoms with Gasteiger partial charge in [-0.15, -0.1) is 0 Å². The van der Waals surface area contributed by atoms with Crippen molar-refractivity contribution < 1.29 is 9.47 Å². The summed E-state index contributed by atoms with van der Waals surface area (Å²) in [5.41, 5.74) is 4.39. The molecule has 0 saturated heterocycles. The molecule has 0 atom stereocenters. The van der Waals surface area contributed by atoms with Gasteiger partial charge in [0.15, 0.2) is 11.5 Å². The lowest BCUT2D eigenvalue weighted by atomic mass is 10.1. The summed E-state index contributed by atoms with van der Waals surface area (Å²) < 4.78 is 10.7. The Bertz CT molecular complexity index is 597. The smallest absolute Gasteiger partial charge is 0.184 e. The number of anilines is 1. The highest BCUT2D eigenvalue weighted by Crippen LogP contribution is 2.29. The van der Waals surface area contributed by atoms with Gasteiger partial charge in [0.2, 0.25) is 0 Å². The van der Waals surface area contributed by atoms with Gasteiger partial charge in [-0.25, -0.2) is 0 Å². The van der Waals surface area contributed by atoms with Crippen LogP contribution in [0.25, 0.3) is 0 Å². The van der Waals surface area contributed by atoms with Gasteiger partial charge in [-0.1, -0.05) is 17.7 Å². The van der Waals surface area contributed by atoms with Crippen molar-refractivity contribution in [2.24, 2.45) is 0 Å². The zero-order chi connectivity index (χ0) is 14.5. The Morgan fingerprint density at radius 3 is 2.55 bits per heavy atom. The van der Waals surface area contributed by atoms with E-state index in [1.165, 1.54) is 11.1 Å². The number of methoxy groups -OCH3 is 2. The number of rotatable bonds is 5. The number of nitrogens with one attached hydrogen (secondary N) is 1. The third-order valence-electron chi connectivity index (χ3n) is 3.19. The van der Waals surface area contributed by atoms with Crippen LogP contribution in [0.3, 0.4) is 0 Å². The lowest BCUT2D eigenvalue weighted by molar-refractivity contribution is 0.350. The topological polar surface area (TPSA) is 43.4 Å². The van der Waals surface area contributed by atoms with Gasteiger partial charge in [0.05, 0.1) is 20.8 Å². The molecule has 0 bridgehead atoms. The molecule has 1 N–H and O–H groups in total. The Kier molecular flexibility index (Phi) is 4.45. The fourth-order valence-corrected chi connectivity index (χ4v) is 2.17. The van der Waals surface area contributed by atoms with Crippen molar-refractivity contribution >= 4 is 5.69 Å². The summed E-state index contributed by atoms with van der Waals surface area (Å²) in [6.45, 7) is 4.76. The highest BCUT2D eigenvalue weighted by molar-refractivity contribution is 5.53. The van der Waals surface area contributed by atoms with E-state index in [0.29, 0.717) is 18.0 Å². The molecule has 20 heavy (non-hydrogen) atoms. The first-order valence-corrected chi connectivity index (χ1v) is 6.52. The van der Waals surface area contributed by atoms with Crippen molar-refractivity contribution in [3.63, 3.8) is 0 Å². The Hall–Kier alpha value is -2.23. The summed E-state index contributed by atoms with van der Waals surface area (Å²) in [5.74, 6) is 1.37. The molecule has 106 valence electrons. The molecular formula is C16H20N2O2. The van der Waals surface area contributed by atoms with Crippen LogP contribution >= 0.6 is 0 Å². The summed E-state index contributed by atoms with van der Waals surface area (Å²) in [4.78, 5) is 4.35. The van der Waals surface area contributed by atoms with E-state index in [2.05, 4.69) is 42.3 Å². The maximum atomic E-state index is 5.38. The van der Waals surface area contributed by atoms with E-state index in [1.54, 1.807) is 26.5 Å². The number of aromatic nitrogens is 1. The number of nitrogens with zero attached hydrogens (tertiary/aromatic N) is 1. The fraction of sp³-hybridized carbons (Fsp3) is 0.312. The molecule has 2 aromatic rings. The van der Waals surface area contributed by atoms with Crippen molar-refractivity contribution in [3.8, 4) is 11.5 Å². The van der Waals surface area contributed by atoms with E-state index in [4.69, 9.17) is 9.47 Å². The second kappa shape index (κ2) is 6.28. The van der Waals surface area contributed by atoms with E-state index >= 15 is 0 Å². The van der Waals surface area contributed by atoms with Crippen LogP contribution in [0.1, 0.15) is 16.8 Å². The normalized spacial score (nSPS) is 10.2. The molecule has 0 aliphatic rings. The summed E-state index contributed by atoms with van der Waals surface area (Å²) >= 11 is 0. The molecule has 4 heteroatoms. The van der Waals surface area contributed by atoms with Crippen LogP contribution < -0.4 is 14.8 Å². The monoisotopic (exact) mass is 272 g/mol. The fourth-order valence-electron chi connectivity index (χ4n) is 2.17. The number of hydrogen-bond acceptors (Lipinski definition) is 4. The highest BCUT2D eigenvalue weighted by Gasteiger charge is 2.11. The van der Waals surface area contributed by atoms with Gasteiger partial charge in [-0.2, -0.15) is 0 Å². The van der Waals surface area contributed by atoms with E-state index in [1.807, 2.05) is 0 Å². The maximum absolute atomic E-state index is 5.38. The van der Waals surface area contributed by atoms with Crippen LogP contribution in [0.15, 0.2) is 30.5 Å². The van der Waals surface area contributed by atoms with Crippen molar-refractivity contribution in [3.05, 3.63) is 47.3 Å². The quantitative estimate of drug-likeness (QED) is 0.906. The van der Waals surface area contributed by atoms with Crippen molar-refractivity contribution in [1.82, 2.24) is 4.98 Å². The van der Waals surface area contributed by atoms with Crippen LogP contribution in [-0.4, -0.2) is 19.2 Å². The zero-order valence-corrected chi connectivity index (χ0v) is 12.4. The van der Waals surface area contributed by atoms with E-state index in [9.17, 15) is 0 Å². The number of pyridine rings is 1. The second-order valence-electron chi connectivity index (χ2n) is 4.67. The Morgan fingerprint density at radius 2 is 1.90 bits per heavy atom. The third kappa shape index (κ3) is 3.02. The predicted molar refractivity (Wildman–Crippen MR) is 80.6 cm³/mol. The van der Waals surface area contributed by atoms with Crippen LogP contribution in [0.5, 0.6) is 11.5 Å². The summed E-state index contributed by atoms with van der Waals surface area (Å²) in [6, 6.07) is 8.11. The molecule has 0 fully saturated rings. The summed E-state index contributed by atoms with van der Waals surface area (Å²) in [6.07, 6.45) is 1.72. The van der Waals surface area contributed by atoms with Gasteiger partial charge in [0.25, 0.3) is 0 Å². The van der Waals surface area contributed by atoms with Crippen LogP contribution in [0.2, 0.25) is 0 Å². The van der Waals surface area contributed by atoms with Crippen LogP contribution in [0, 0.1) is 13.8 Å². The standard InChI is InChI=1S/C16H20N2O2/c1-11-5-6-13(12(2)9-11)18-10-14-16(20-4)15(19-3)7-8-17-14/h5-9,18H,10H2,1-4H3. The van der Waals surface area contributed by atoms with Crippen LogP contribution in [0.4, 0.5) is 5.69 Å². The van der Waals surface area contributed by atoms with Crippen molar-refractivity contribution in [1.29, 1.82) is 0 Å². The molecule has 0 spiro atoms. The SMILES string of the molecule is COc1ccnc(CNc2ccc(C)cc2C)c1OC. The van der Waals surface area contributed by atoms with Crippen molar-refractivity contribution in [2.45, 2.75) is 20.4 Å². The first-order valence-electron chi connectivity index (χ1n) is 6.52. The molecule has 0 radical (unpaired) electrons. The van der Waals surface area contributed by atoms with E-state index in [0.717, 1.165) is 11.4 Å². The molecule has 0 saturated carbocycles. The van der Waals surface area contributed by atoms with Gasteiger partial charge >= 0.3 is 0 Å². The molecule has 0 unspecified atom stereocenters. The summed E-state index contributed by atoms with van der Waals surface area (Å²) in [7, 11) is 3.25. The number of hydrogen-bond donors (Lipinski definition) is 1. The van der Waals surface area contributed by atoms with Crippen LogP contribution in [-0.2, 0) is 6.54 Å². The highest BCUT2D eigenvalue weighted by atomic mass is 16.5. The number of ether oxygens (including phenoxy) is 2.